The molecule has 0 unspecified atom stereocenters. The fourth-order valence-corrected chi connectivity index (χ4v) is 7.88. The van der Waals surface area contributed by atoms with Gasteiger partial charge in [-0.15, -0.1) is 0 Å². The second-order valence-corrected chi connectivity index (χ2v) is 12.2. The topological polar surface area (TPSA) is 52.9 Å². The molecule has 0 aliphatic carbocycles. The van der Waals surface area contributed by atoms with Gasteiger partial charge in [-0.05, 0) is 66.7 Å². The highest BCUT2D eigenvalue weighted by molar-refractivity contribution is 6.32. The molecule has 6 aromatic heterocycles. The molecule has 0 saturated heterocycles. The zero-order valence-corrected chi connectivity index (χ0v) is 25.0. The first-order valence-electron chi connectivity index (χ1n) is 15.8. The summed E-state index contributed by atoms with van der Waals surface area (Å²) in [6.45, 7) is 0. The maximum absolute atomic E-state index is 5.14. The van der Waals surface area contributed by atoms with Crippen molar-refractivity contribution in [3.8, 4) is 11.4 Å². The van der Waals surface area contributed by atoms with Gasteiger partial charge in [0.15, 0.2) is 0 Å². The van der Waals surface area contributed by atoms with Crippen LogP contribution in [0.3, 0.4) is 0 Å². The molecule has 11 aromatic rings. The van der Waals surface area contributed by atoms with Gasteiger partial charge in [-0.3, -0.25) is 14.4 Å². The van der Waals surface area contributed by atoms with Crippen LogP contribution < -0.4 is 0 Å². The molecule has 0 spiro atoms. The Morgan fingerprint density at radius 3 is 1.94 bits per heavy atom. The molecule has 5 aromatic carbocycles. The van der Waals surface area contributed by atoms with E-state index in [1.54, 1.807) is 0 Å². The average molecular weight is 601 g/mol. The number of nitrogens with zero attached hydrogens (tertiary/aromatic N) is 6. The van der Waals surface area contributed by atoms with Crippen molar-refractivity contribution in [3.63, 3.8) is 0 Å². The number of hydrogen-bond donors (Lipinski definition) is 0. The van der Waals surface area contributed by atoms with E-state index < -0.39 is 0 Å². The Hall–Kier alpha value is -6.53. The van der Waals surface area contributed by atoms with Crippen molar-refractivity contribution in [2.45, 2.75) is 0 Å². The fourth-order valence-electron chi connectivity index (χ4n) is 7.88. The summed E-state index contributed by atoms with van der Waals surface area (Å²) in [4.78, 5) is 14.1. The third-order valence-electron chi connectivity index (χ3n) is 9.76. The molecule has 11 rings (SSSR count). The molecule has 6 heteroatoms. The van der Waals surface area contributed by atoms with Crippen LogP contribution in [0.2, 0.25) is 0 Å². The zero-order chi connectivity index (χ0) is 30.6. The van der Waals surface area contributed by atoms with Gasteiger partial charge in [0.25, 0.3) is 0 Å². The van der Waals surface area contributed by atoms with Gasteiger partial charge in [-0.25, -0.2) is 4.98 Å². The van der Waals surface area contributed by atoms with E-state index in [4.69, 9.17) is 4.98 Å². The van der Waals surface area contributed by atoms with Gasteiger partial charge >= 0.3 is 0 Å². The lowest BCUT2D eigenvalue weighted by Crippen LogP contribution is -1.96. The van der Waals surface area contributed by atoms with E-state index in [2.05, 4.69) is 139 Å². The molecule has 6 heterocycles. The predicted octanol–water partition coefficient (Wildman–Crippen LogP) is 9.78. The lowest BCUT2D eigenvalue weighted by molar-refractivity contribution is 1.16. The summed E-state index contributed by atoms with van der Waals surface area (Å²) in [7, 11) is 0. The van der Waals surface area contributed by atoms with Crippen LogP contribution in [0.5, 0.6) is 0 Å². The highest BCUT2D eigenvalue weighted by atomic mass is 15.0. The number of pyridine rings is 3. The maximum Gasteiger partial charge on any atom is 0.146 e. The second-order valence-electron chi connectivity index (χ2n) is 12.2. The maximum atomic E-state index is 5.14. The molecule has 0 saturated carbocycles. The Morgan fingerprint density at radius 1 is 0.404 bits per heavy atom. The van der Waals surface area contributed by atoms with E-state index in [1.807, 2.05) is 30.9 Å². The normalized spacial score (nSPS) is 12.3. The highest BCUT2D eigenvalue weighted by Gasteiger charge is 2.22. The summed E-state index contributed by atoms with van der Waals surface area (Å²) in [6.07, 6.45) is 7.53. The molecule has 0 aliphatic heterocycles. The quantitative estimate of drug-likeness (QED) is 0.186. The second kappa shape index (κ2) is 9.02. The monoisotopic (exact) mass is 600 g/mol. The van der Waals surface area contributed by atoms with Crippen LogP contribution in [0, 0.1) is 0 Å². The molecule has 47 heavy (non-hydrogen) atoms. The number of para-hydroxylation sites is 3. The van der Waals surface area contributed by atoms with Crippen LogP contribution in [-0.2, 0) is 0 Å². The van der Waals surface area contributed by atoms with Crippen LogP contribution in [0.1, 0.15) is 0 Å². The summed E-state index contributed by atoms with van der Waals surface area (Å²) < 4.78 is 7.04. The van der Waals surface area contributed by atoms with Crippen LogP contribution in [0.25, 0.3) is 93.3 Å². The van der Waals surface area contributed by atoms with E-state index in [1.165, 1.54) is 38.0 Å². The van der Waals surface area contributed by atoms with Gasteiger partial charge in [0, 0.05) is 61.5 Å². The van der Waals surface area contributed by atoms with Crippen molar-refractivity contribution in [1.82, 2.24) is 28.5 Å². The van der Waals surface area contributed by atoms with Gasteiger partial charge in [0.1, 0.15) is 11.2 Å². The number of rotatable bonds is 2. The van der Waals surface area contributed by atoms with Gasteiger partial charge in [0.2, 0.25) is 0 Å². The minimum absolute atomic E-state index is 0.868. The van der Waals surface area contributed by atoms with Crippen molar-refractivity contribution in [2.24, 2.45) is 0 Å². The lowest BCUT2D eigenvalue weighted by Gasteiger charge is -2.11. The van der Waals surface area contributed by atoms with E-state index in [0.717, 1.165) is 55.4 Å². The molecule has 6 nitrogen and oxygen atoms in total. The van der Waals surface area contributed by atoms with Crippen molar-refractivity contribution >= 4 is 82.0 Å². The number of aromatic nitrogens is 6. The van der Waals surface area contributed by atoms with Crippen molar-refractivity contribution in [1.29, 1.82) is 0 Å². The number of imidazole rings is 1. The Bertz CT molecular complexity index is 3060. The van der Waals surface area contributed by atoms with Crippen LogP contribution in [0.4, 0.5) is 0 Å². The summed E-state index contributed by atoms with van der Waals surface area (Å²) in [5.74, 6) is 0. The molecule has 0 amide bonds. The number of fused-ring (bicyclic) bond motifs is 15. The van der Waals surface area contributed by atoms with Gasteiger partial charge in [0.05, 0.1) is 45.5 Å². The van der Waals surface area contributed by atoms with Crippen LogP contribution >= 0.6 is 0 Å². The molecule has 0 bridgehead atoms. The smallest absolute Gasteiger partial charge is 0.146 e. The summed E-state index contributed by atoms with van der Waals surface area (Å²) in [5.41, 5.74) is 10.8. The lowest BCUT2D eigenvalue weighted by atomic mass is 10.00. The van der Waals surface area contributed by atoms with Crippen molar-refractivity contribution in [2.75, 3.05) is 0 Å². The molecule has 0 aliphatic rings. The largest absolute Gasteiger partial charge is 0.309 e. The summed E-state index contributed by atoms with van der Waals surface area (Å²) >= 11 is 0. The minimum atomic E-state index is 0.868. The van der Waals surface area contributed by atoms with Gasteiger partial charge in [-0.2, -0.15) is 0 Å². The van der Waals surface area contributed by atoms with Crippen molar-refractivity contribution < 1.29 is 0 Å². The van der Waals surface area contributed by atoms with Gasteiger partial charge in [-0.1, -0.05) is 54.6 Å². The third kappa shape index (κ3) is 3.21. The average Bonchev–Trinajstić information content (AvgIpc) is 3.79. The van der Waals surface area contributed by atoms with Crippen LogP contribution in [0.15, 0.2) is 146 Å². The van der Waals surface area contributed by atoms with Gasteiger partial charge < -0.3 is 9.13 Å². The van der Waals surface area contributed by atoms with E-state index >= 15 is 0 Å². The zero-order valence-electron chi connectivity index (χ0n) is 25.0. The minimum Gasteiger partial charge on any atom is -0.309 e. The summed E-state index contributed by atoms with van der Waals surface area (Å²) in [5, 5.41) is 8.31. The number of hydrogen-bond acceptors (Lipinski definition) is 3. The molecular weight excluding hydrogens is 576 g/mol. The molecule has 0 N–H and O–H groups in total. The van der Waals surface area contributed by atoms with Crippen molar-refractivity contribution in [3.05, 3.63) is 146 Å². The Labute approximate surface area is 267 Å². The molecule has 0 fully saturated rings. The molecule has 0 radical (unpaired) electrons. The third-order valence-corrected chi connectivity index (χ3v) is 9.76. The standard InChI is InChI=1S/C41H24N6/c1-3-9-25(10-4-1)45-33-14-8-7-13-27(33)30-21-31-37(22-36(30)45)46(26-11-5-2-6-12-26)35-16-15-29-39(40(31)35)28-17-19-43-24-38(28)47-34-18-20-42-23-32(34)44-41(29)47/h1-24H. The number of benzene rings is 5. The SMILES string of the molecule is c1ccc(-n2c3ccccc3c3cc4c5c6c7ccncc7n7c8ccncc8nc7c6ccc5n(-c5ccccc5)c4cc32)cc1. The fraction of sp³-hybridized carbons (Fsp3) is 0. The first-order chi connectivity index (χ1) is 23.3. The first kappa shape index (κ1) is 24.8. The highest BCUT2D eigenvalue weighted by Crippen LogP contribution is 2.44. The first-order valence-corrected chi connectivity index (χ1v) is 15.8. The van der Waals surface area contributed by atoms with Crippen LogP contribution in [-0.4, -0.2) is 28.5 Å². The molecule has 0 atom stereocenters. The molecular formula is C41H24N6. The van der Waals surface area contributed by atoms with E-state index in [9.17, 15) is 0 Å². The molecule has 218 valence electrons. The summed E-state index contributed by atoms with van der Waals surface area (Å²) in [6, 6.07) is 43.6. The van der Waals surface area contributed by atoms with E-state index in [0.29, 0.717) is 0 Å². The predicted molar refractivity (Wildman–Crippen MR) is 192 cm³/mol. The Balaban J connectivity index is 1.41. The van der Waals surface area contributed by atoms with E-state index in [-0.39, 0.29) is 0 Å². The Morgan fingerprint density at radius 2 is 1.11 bits per heavy atom. The Kier molecular flexibility index (Phi) is 4.75.